The Hall–Kier alpha value is -2.30. The van der Waals surface area contributed by atoms with Crippen LogP contribution in [0.5, 0.6) is 0 Å². The molecule has 0 radical (unpaired) electrons. The van der Waals surface area contributed by atoms with E-state index in [-0.39, 0.29) is 6.42 Å². The molecule has 0 aliphatic heterocycles. The number of benzene rings is 1. The highest BCUT2D eigenvalue weighted by atomic mass is 127. The average molecular weight is 544 g/mol. The number of carbonyl (C=O) groups excluding carboxylic acids is 3. The molecule has 0 aliphatic rings. The minimum absolute atomic E-state index is 0.110. The van der Waals surface area contributed by atoms with E-state index < -0.39 is 35.4 Å². The second kappa shape index (κ2) is 9.46. The fourth-order valence-corrected chi connectivity index (χ4v) is 3.38. The molecule has 1 heterocycles. The Morgan fingerprint density at radius 2 is 1.68 bits per heavy atom. The van der Waals surface area contributed by atoms with E-state index in [0.29, 0.717) is 11.1 Å². The van der Waals surface area contributed by atoms with Crippen LogP contribution in [0, 0.1) is 3.57 Å². The summed E-state index contributed by atoms with van der Waals surface area (Å²) in [4.78, 5) is 37.3. The van der Waals surface area contributed by atoms with Crippen molar-refractivity contribution in [2.45, 2.75) is 65.2 Å². The maximum Gasteiger partial charge on any atom is 0.419 e. The molecule has 0 aliphatic carbocycles. The number of ether oxygens (including phenoxy) is 3. The lowest BCUT2D eigenvalue weighted by molar-refractivity contribution is -0.143. The summed E-state index contributed by atoms with van der Waals surface area (Å²) in [7, 11) is 1.25. The van der Waals surface area contributed by atoms with Crippen LogP contribution in [-0.4, -0.2) is 47.1 Å². The first-order valence-corrected chi connectivity index (χ1v) is 10.9. The highest BCUT2D eigenvalue weighted by Gasteiger charge is 2.28. The minimum atomic E-state index is -0.989. The van der Waals surface area contributed by atoms with E-state index in [4.69, 9.17) is 14.2 Å². The molecule has 0 unspecified atom stereocenters. The first-order chi connectivity index (χ1) is 14.2. The highest BCUT2D eigenvalue weighted by Crippen LogP contribution is 2.26. The van der Waals surface area contributed by atoms with Gasteiger partial charge in [-0.25, -0.2) is 14.4 Å². The van der Waals surface area contributed by atoms with Crippen molar-refractivity contribution in [1.82, 2.24) is 9.88 Å². The van der Waals surface area contributed by atoms with E-state index in [2.05, 4.69) is 27.9 Å². The molecule has 2 rings (SSSR count). The van der Waals surface area contributed by atoms with Crippen molar-refractivity contribution in [3.8, 4) is 0 Å². The van der Waals surface area contributed by atoms with Gasteiger partial charge in [0, 0.05) is 21.6 Å². The minimum Gasteiger partial charge on any atom is -0.467 e. The molecule has 1 N–H and O–H groups in total. The molecular weight excluding hydrogens is 515 g/mol. The lowest BCUT2D eigenvalue weighted by Crippen LogP contribution is -2.45. The van der Waals surface area contributed by atoms with Gasteiger partial charge >= 0.3 is 18.2 Å². The van der Waals surface area contributed by atoms with Gasteiger partial charge in [-0.1, -0.05) is 6.07 Å². The van der Waals surface area contributed by atoms with Crippen molar-refractivity contribution >= 4 is 51.6 Å². The van der Waals surface area contributed by atoms with Gasteiger partial charge in [0.15, 0.2) is 0 Å². The highest BCUT2D eigenvalue weighted by molar-refractivity contribution is 14.1. The molecule has 1 amide bonds. The van der Waals surface area contributed by atoms with Crippen molar-refractivity contribution < 1.29 is 28.6 Å². The number of amides is 1. The van der Waals surface area contributed by atoms with Crippen molar-refractivity contribution in [2.24, 2.45) is 0 Å². The molecule has 0 fully saturated rings. The first kappa shape index (κ1) is 25.0. The lowest BCUT2D eigenvalue weighted by atomic mass is 10.1. The van der Waals surface area contributed by atoms with Gasteiger partial charge in [0.1, 0.15) is 17.2 Å². The molecule has 8 nitrogen and oxygen atoms in total. The predicted octanol–water partition coefficient (Wildman–Crippen LogP) is 4.64. The topological polar surface area (TPSA) is 95.9 Å². The summed E-state index contributed by atoms with van der Waals surface area (Å²) in [5.41, 5.74) is -0.0442. The van der Waals surface area contributed by atoms with Crippen molar-refractivity contribution in [2.75, 3.05) is 7.11 Å². The second-order valence-electron chi connectivity index (χ2n) is 9.09. The number of carbonyl (C=O) groups is 3. The number of halogens is 1. The summed E-state index contributed by atoms with van der Waals surface area (Å²) in [5, 5.41) is 3.33. The van der Waals surface area contributed by atoms with Crippen LogP contribution in [0.25, 0.3) is 10.9 Å². The number of nitrogens with one attached hydrogen (secondary N) is 1. The molecule has 0 bridgehead atoms. The SMILES string of the molecule is COC(=O)[C@H](Cc1cn(C(=O)OC(C)(C)C)c2cc(I)ccc12)NC(=O)OC(C)(C)C. The van der Waals surface area contributed by atoms with E-state index in [1.165, 1.54) is 11.7 Å². The van der Waals surface area contributed by atoms with Crippen LogP contribution in [-0.2, 0) is 25.4 Å². The van der Waals surface area contributed by atoms with Gasteiger partial charge in [-0.3, -0.25) is 4.57 Å². The number of rotatable bonds is 4. The summed E-state index contributed by atoms with van der Waals surface area (Å²) >= 11 is 2.16. The Balaban J connectivity index is 2.42. The van der Waals surface area contributed by atoms with E-state index in [9.17, 15) is 14.4 Å². The molecule has 31 heavy (non-hydrogen) atoms. The normalized spacial score (nSPS) is 12.9. The lowest BCUT2D eigenvalue weighted by Gasteiger charge is -2.22. The molecule has 1 aromatic heterocycles. The number of esters is 1. The standard InChI is InChI=1S/C22H29IN2O6/c1-21(2,3)30-19(27)24-16(18(26)29-7)10-13-12-25(20(28)31-22(4,5)6)17-11-14(23)8-9-15(13)17/h8-9,11-12,16H,10H2,1-7H3,(H,24,27)/t16-/m0/s1. The zero-order chi connectivity index (χ0) is 23.6. The molecule has 0 spiro atoms. The first-order valence-electron chi connectivity index (χ1n) is 9.80. The van der Waals surface area contributed by atoms with Gasteiger partial charge in [0.25, 0.3) is 0 Å². The van der Waals surface area contributed by atoms with Crippen LogP contribution in [0.15, 0.2) is 24.4 Å². The van der Waals surface area contributed by atoms with Crippen molar-refractivity contribution in [3.63, 3.8) is 0 Å². The summed E-state index contributed by atoms with van der Waals surface area (Å²) < 4.78 is 18.0. The van der Waals surface area contributed by atoms with Gasteiger partial charge in [-0.15, -0.1) is 0 Å². The summed E-state index contributed by atoms with van der Waals surface area (Å²) in [6, 6.07) is 4.64. The molecular formula is C22H29IN2O6. The Bertz CT molecular complexity index is 984. The fraction of sp³-hybridized carbons (Fsp3) is 0.500. The van der Waals surface area contributed by atoms with E-state index >= 15 is 0 Å². The molecule has 9 heteroatoms. The number of hydrogen-bond donors (Lipinski definition) is 1. The van der Waals surface area contributed by atoms with Gasteiger partial charge in [-0.05, 0) is 81.8 Å². The van der Waals surface area contributed by atoms with Crippen LogP contribution < -0.4 is 5.32 Å². The van der Waals surface area contributed by atoms with Gasteiger partial charge < -0.3 is 19.5 Å². The van der Waals surface area contributed by atoms with Crippen LogP contribution in [0.4, 0.5) is 9.59 Å². The van der Waals surface area contributed by atoms with Crippen LogP contribution in [0.1, 0.15) is 47.1 Å². The van der Waals surface area contributed by atoms with Crippen molar-refractivity contribution in [3.05, 3.63) is 33.5 Å². The Labute approximate surface area is 195 Å². The zero-order valence-corrected chi connectivity index (χ0v) is 21.0. The second-order valence-corrected chi connectivity index (χ2v) is 10.3. The number of methoxy groups -OCH3 is 1. The molecule has 1 atom stereocenters. The monoisotopic (exact) mass is 544 g/mol. The third kappa shape index (κ3) is 7.12. The predicted molar refractivity (Wildman–Crippen MR) is 125 cm³/mol. The van der Waals surface area contributed by atoms with Crippen LogP contribution in [0.3, 0.4) is 0 Å². The van der Waals surface area contributed by atoms with Gasteiger partial charge in [0.05, 0.1) is 12.6 Å². The van der Waals surface area contributed by atoms with Gasteiger partial charge in [0.2, 0.25) is 0 Å². The fourth-order valence-electron chi connectivity index (χ4n) is 2.90. The average Bonchev–Trinajstić information content (AvgIpc) is 2.95. The maximum atomic E-state index is 12.8. The zero-order valence-electron chi connectivity index (χ0n) is 18.9. The molecule has 1 aromatic carbocycles. The quantitative estimate of drug-likeness (QED) is 0.343. The number of aromatic nitrogens is 1. The number of fused-ring (bicyclic) bond motifs is 1. The number of nitrogens with zero attached hydrogens (tertiary/aromatic N) is 1. The van der Waals surface area contributed by atoms with E-state index in [1.54, 1.807) is 47.7 Å². The third-order valence-electron chi connectivity index (χ3n) is 4.04. The van der Waals surface area contributed by atoms with E-state index in [1.807, 2.05) is 18.2 Å². The smallest absolute Gasteiger partial charge is 0.419 e. The summed E-state index contributed by atoms with van der Waals surface area (Å²) in [6.45, 7) is 10.6. The number of alkyl carbamates (subject to hydrolysis) is 1. The summed E-state index contributed by atoms with van der Waals surface area (Å²) in [5.74, 6) is -0.616. The molecule has 170 valence electrons. The van der Waals surface area contributed by atoms with E-state index in [0.717, 1.165) is 8.96 Å². The Kier molecular flexibility index (Phi) is 7.61. The van der Waals surface area contributed by atoms with Crippen molar-refractivity contribution in [1.29, 1.82) is 0 Å². The van der Waals surface area contributed by atoms with Crippen LogP contribution in [0.2, 0.25) is 0 Å². The van der Waals surface area contributed by atoms with Gasteiger partial charge in [-0.2, -0.15) is 0 Å². The number of hydrogen-bond acceptors (Lipinski definition) is 6. The molecule has 0 saturated carbocycles. The molecule has 0 saturated heterocycles. The largest absolute Gasteiger partial charge is 0.467 e. The summed E-state index contributed by atoms with van der Waals surface area (Å²) in [6.07, 6.45) is 0.481. The van der Waals surface area contributed by atoms with Crippen LogP contribution >= 0.6 is 22.6 Å². The third-order valence-corrected chi connectivity index (χ3v) is 4.71. The maximum absolute atomic E-state index is 12.8. The Morgan fingerprint density at radius 1 is 1.06 bits per heavy atom. The molecule has 2 aromatic rings. The Morgan fingerprint density at radius 3 is 2.23 bits per heavy atom.